The number of hydrogen-bond acceptors (Lipinski definition) is 4. The Balaban J connectivity index is 1.67. The quantitative estimate of drug-likeness (QED) is 0.508. The Hall–Kier alpha value is -1.79. The molecule has 0 bridgehead atoms. The van der Waals surface area contributed by atoms with E-state index in [1.165, 1.54) is 43.6 Å². The predicted molar refractivity (Wildman–Crippen MR) is 114 cm³/mol. The van der Waals surface area contributed by atoms with Crippen molar-refractivity contribution in [3.63, 3.8) is 0 Å². The SMILES string of the molecule is CCN(CC)Cc1nc(-c2cn(CC3CCCCC3)c3c(F)cccc23)ns1. The van der Waals surface area contributed by atoms with Crippen molar-refractivity contribution in [3.05, 3.63) is 35.2 Å². The minimum Gasteiger partial charge on any atom is -0.344 e. The summed E-state index contributed by atoms with van der Waals surface area (Å²) in [6.45, 7) is 8.02. The summed E-state index contributed by atoms with van der Waals surface area (Å²) in [4.78, 5) is 7.12. The summed E-state index contributed by atoms with van der Waals surface area (Å²) in [6, 6.07) is 5.34. The third-order valence-corrected chi connectivity index (χ3v) is 6.69. The largest absolute Gasteiger partial charge is 0.344 e. The van der Waals surface area contributed by atoms with Gasteiger partial charge in [-0.25, -0.2) is 9.37 Å². The Morgan fingerprint density at radius 1 is 1.18 bits per heavy atom. The van der Waals surface area contributed by atoms with Crippen molar-refractivity contribution >= 4 is 22.4 Å². The molecule has 2 aromatic heterocycles. The standard InChI is InChI=1S/C22H29FN4S/c1-3-26(4-2)15-20-24-22(25-28-20)18-14-27(13-16-9-6-5-7-10-16)21-17(18)11-8-12-19(21)23/h8,11-12,14,16H,3-7,9-10,13,15H2,1-2H3. The number of hydrogen-bond donors (Lipinski definition) is 0. The lowest BCUT2D eigenvalue weighted by molar-refractivity contribution is 0.295. The summed E-state index contributed by atoms with van der Waals surface area (Å²) in [6.07, 6.45) is 8.48. The van der Waals surface area contributed by atoms with Gasteiger partial charge >= 0.3 is 0 Å². The molecule has 1 aromatic carbocycles. The molecule has 0 amide bonds. The van der Waals surface area contributed by atoms with Crippen LogP contribution in [0.15, 0.2) is 24.4 Å². The first kappa shape index (κ1) is 19.5. The monoisotopic (exact) mass is 400 g/mol. The summed E-state index contributed by atoms with van der Waals surface area (Å²) in [7, 11) is 0. The second kappa shape index (κ2) is 8.70. The smallest absolute Gasteiger partial charge is 0.175 e. The van der Waals surface area contributed by atoms with Crippen molar-refractivity contribution < 1.29 is 4.39 Å². The van der Waals surface area contributed by atoms with Crippen LogP contribution in [-0.2, 0) is 13.1 Å². The number of halogens is 1. The summed E-state index contributed by atoms with van der Waals surface area (Å²) in [5, 5.41) is 1.94. The van der Waals surface area contributed by atoms with Crippen molar-refractivity contribution in [1.82, 2.24) is 18.8 Å². The molecule has 0 aliphatic heterocycles. The van der Waals surface area contributed by atoms with Gasteiger partial charge in [-0.05, 0) is 49.4 Å². The Bertz CT molecular complexity index is 922. The average Bonchev–Trinajstić information content (AvgIpc) is 3.32. The number of rotatable bonds is 7. The Labute approximate surface area is 170 Å². The summed E-state index contributed by atoms with van der Waals surface area (Å²) in [5.74, 6) is 1.21. The number of nitrogens with zero attached hydrogens (tertiary/aromatic N) is 4. The molecule has 0 radical (unpaired) electrons. The minimum atomic E-state index is -0.154. The first-order valence-electron chi connectivity index (χ1n) is 10.5. The third-order valence-electron chi connectivity index (χ3n) is 5.99. The molecule has 1 saturated carbocycles. The molecule has 1 aliphatic rings. The van der Waals surface area contributed by atoms with Crippen LogP contribution >= 0.6 is 11.5 Å². The van der Waals surface area contributed by atoms with E-state index in [1.54, 1.807) is 12.1 Å². The van der Waals surface area contributed by atoms with Gasteiger partial charge in [0.1, 0.15) is 10.8 Å². The minimum absolute atomic E-state index is 0.154. The van der Waals surface area contributed by atoms with Gasteiger partial charge in [-0.15, -0.1) is 0 Å². The maximum atomic E-state index is 14.7. The van der Waals surface area contributed by atoms with Crippen molar-refractivity contribution in [2.75, 3.05) is 13.1 Å². The van der Waals surface area contributed by atoms with Crippen LogP contribution in [0.2, 0.25) is 0 Å². The first-order valence-corrected chi connectivity index (χ1v) is 11.3. The normalized spacial score (nSPS) is 15.7. The Morgan fingerprint density at radius 2 is 1.96 bits per heavy atom. The summed E-state index contributed by atoms with van der Waals surface area (Å²) >= 11 is 1.46. The predicted octanol–water partition coefficient (Wildman–Crippen LogP) is 5.72. The Kier molecular flexibility index (Phi) is 6.07. The molecular formula is C22H29FN4S. The van der Waals surface area contributed by atoms with Gasteiger partial charge < -0.3 is 4.57 Å². The zero-order valence-electron chi connectivity index (χ0n) is 16.8. The van der Waals surface area contributed by atoms with Crippen molar-refractivity contribution in [3.8, 4) is 11.4 Å². The summed E-state index contributed by atoms with van der Waals surface area (Å²) in [5.41, 5.74) is 1.65. The molecule has 2 heterocycles. The van der Waals surface area contributed by atoms with Gasteiger partial charge in [0.05, 0.1) is 12.1 Å². The van der Waals surface area contributed by atoms with Gasteiger partial charge in [0.2, 0.25) is 0 Å². The molecule has 4 nitrogen and oxygen atoms in total. The fourth-order valence-electron chi connectivity index (χ4n) is 4.35. The zero-order valence-corrected chi connectivity index (χ0v) is 17.6. The van der Waals surface area contributed by atoms with Crippen LogP contribution in [0.1, 0.15) is 51.0 Å². The molecule has 1 aliphatic carbocycles. The molecule has 0 saturated heterocycles. The average molecular weight is 401 g/mol. The van der Waals surface area contributed by atoms with Crippen LogP contribution < -0.4 is 0 Å². The second-order valence-electron chi connectivity index (χ2n) is 7.81. The van der Waals surface area contributed by atoms with Gasteiger partial charge in [0, 0.05) is 23.7 Å². The van der Waals surface area contributed by atoms with Gasteiger partial charge in [-0.3, -0.25) is 4.90 Å². The van der Waals surface area contributed by atoms with Gasteiger partial charge in [-0.2, -0.15) is 4.37 Å². The van der Waals surface area contributed by atoms with Crippen LogP contribution in [0.4, 0.5) is 4.39 Å². The van der Waals surface area contributed by atoms with Crippen molar-refractivity contribution in [2.24, 2.45) is 5.92 Å². The molecule has 0 atom stereocenters. The fraction of sp³-hybridized carbons (Fsp3) is 0.545. The van der Waals surface area contributed by atoms with Crippen LogP contribution in [0.3, 0.4) is 0 Å². The van der Waals surface area contributed by atoms with E-state index in [1.807, 2.05) is 6.07 Å². The van der Waals surface area contributed by atoms with Crippen LogP contribution in [-0.4, -0.2) is 31.9 Å². The number of benzene rings is 1. The molecule has 28 heavy (non-hydrogen) atoms. The fourth-order valence-corrected chi connectivity index (χ4v) is 5.05. The molecule has 0 unspecified atom stereocenters. The number of para-hydroxylation sites is 1. The topological polar surface area (TPSA) is 34.0 Å². The molecule has 150 valence electrons. The molecule has 1 fully saturated rings. The van der Waals surface area contributed by atoms with E-state index in [-0.39, 0.29) is 5.82 Å². The van der Waals surface area contributed by atoms with Crippen LogP contribution in [0.5, 0.6) is 0 Å². The van der Waals surface area contributed by atoms with Crippen molar-refractivity contribution in [2.45, 2.75) is 59.0 Å². The lowest BCUT2D eigenvalue weighted by atomic mass is 9.89. The zero-order chi connectivity index (χ0) is 19.5. The van der Waals surface area contributed by atoms with E-state index in [2.05, 4.69) is 33.9 Å². The van der Waals surface area contributed by atoms with Gasteiger partial charge in [-0.1, -0.05) is 45.2 Å². The first-order chi connectivity index (χ1) is 13.7. The Morgan fingerprint density at radius 3 is 2.71 bits per heavy atom. The van der Waals surface area contributed by atoms with E-state index in [4.69, 9.17) is 4.98 Å². The molecule has 6 heteroatoms. The third kappa shape index (κ3) is 3.98. The van der Waals surface area contributed by atoms with Gasteiger partial charge in [0.25, 0.3) is 0 Å². The highest BCUT2D eigenvalue weighted by molar-refractivity contribution is 7.05. The van der Waals surface area contributed by atoms with Gasteiger partial charge in [0.15, 0.2) is 5.82 Å². The number of fused-ring (bicyclic) bond motifs is 1. The lowest BCUT2D eigenvalue weighted by Crippen LogP contribution is -2.21. The maximum absolute atomic E-state index is 14.7. The van der Waals surface area contributed by atoms with E-state index >= 15 is 0 Å². The van der Waals surface area contributed by atoms with E-state index < -0.39 is 0 Å². The molecule has 0 spiro atoms. The van der Waals surface area contributed by atoms with E-state index in [9.17, 15) is 4.39 Å². The summed E-state index contributed by atoms with van der Waals surface area (Å²) < 4.78 is 21.5. The highest BCUT2D eigenvalue weighted by Crippen LogP contribution is 2.34. The molecule has 3 aromatic rings. The molecular weight excluding hydrogens is 371 g/mol. The number of aromatic nitrogens is 3. The molecule has 4 rings (SSSR count). The second-order valence-corrected chi connectivity index (χ2v) is 8.64. The maximum Gasteiger partial charge on any atom is 0.175 e. The highest BCUT2D eigenvalue weighted by Gasteiger charge is 2.20. The van der Waals surface area contributed by atoms with E-state index in [0.29, 0.717) is 11.4 Å². The highest BCUT2D eigenvalue weighted by atomic mass is 32.1. The van der Waals surface area contributed by atoms with E-state index in [0.717, 1.165) is 48.0 Å². The van der Waals surface area contributed by atoms with Crippen LogP contribution in [0, 0.1) is 11.7 Å². The van der Waals surface area contributed by atoms with Crippen molar-refractivity contribution in [1.29, 1.82) is 0 Å². The lowest BCUT2D eigenvalue weighted by Gasteiger charge is -2.22. The van der Waals surface area contributed by atoms with Crippen LogP contribution in [0.25, 0.3) is 22.3 Å². The molecule has 0 N–H and O–H groups in total.